The van der Waals surface area contributed by atoms with Crippen LogP contribution in [-0.2, 0) is 0 Å². The summed E-state index contributed by atoms with van der Waals surface area (Å²) in [5.74, 6) is -1.46. The molecule has 4 rings (SSSR count). The highest BCUT2D eigenvalue weighted by atomic mass is 19.4. The highest BCUT2D eigenvalue weighted by Gasteiger charge is 2.31. The normalized spacial score (nSPS) is 18.7. The zero-order valence-corrected chi connectivity index (χ0v) is 16.5. The molecule has 0 N–H and O–H groups in total. The number of nitrogens with zero attached hydrogens (tertiary/aromatic N) is 1. The number of ether oxygens (including phenoxy) is 1. The SMILES string of the molecule is CC1CC(c2c(F)cccc2F)=NC1c1ccc(-c2ccc(OC(F)(F)F)cc2)cc1. The predicted octanol–water partition coefficient (Wildman–Crippen LogP) is 7.10. The summed E-state index contributed by atoms with van der Waals surface area (Å²) < 4.78 is 69.0. The molecule has 0 amide bonds. The van der Waals surface area contributed by atoms with Gasteiger partial charge in [-0.3, -0.25) is 4.99 Å². The topological polar surface area (TPSA) is 21.6 Å². The summed E-state index contributed by atoms with van der Waals surface area (Å²) in [6, 6.07) is 16.6. The first-order chi connectivity index (χ1) is 14.7. The average Bonchev–Trinajstić information content (AvgIpc) is 3.08. The Labute approximate surface area is 176 Å². The molecule has 0 spiro atoms. The van der Waals surface area contributed by atoms with E-state index in [4.69, 9.17) is 0 Å². The van der Waals surface area contributed by atoms with Crippen molar-refractivity contribution in [1.29, 1.82) is 0 Å². The summed E-state index contributed by atoms with van der Waals surface area (Å²) in [5.41, 5.74) is 2.79. The number of rotatable bonds is 4. The molecule has 2 unspecified atom stereocenters. The quantitative estimate of drug-likeness (QED) is 0.404. The highest BCUT2D eigenvalue weighted by molar-refractivity contribution is 6.02. The molecule has 0 saturated heterocycles. The summed E-state index contributed by atoms with van der Waals surface area (Å²) in [6.45, 7) is 1.98. The Morgan fingerprint density at radius 2 is 1.39 bits per heavy atom. The van der Waals surface area contributed by atoms with Crippen molar-refractivity contribution in [2.24, 2.45) is 10.9 Å². The first-order valence-electron chi connectivity index (χ1n) is 9.68. The van der Waals surface area contributed by atoms with Crippen LogP contribution in [-0.4, -0.2) is 12.1 Å². The molecule has 0 radical (unpaired) electrons. The van der Waals surface area contributed by atoms with E-state index in [2.05, 4.69) is 9.73 Å². The molecule has 3 aromatic carbocycles. The number of aliphatic imine (C=N–C) groups is 1. The van der Waals surface area contributed by atoms with Gasteiger partial charge in [0.15, 0.2) is 0 Å². The highest BCUT2D eigenvalue weighted by Crippen LogP contribution is 2.38. The molecule has 0 bridgehead atoms. The minimum atomic E-state index is -4.73. The molecular formula is C24H18F5NO. The Morgan fingerprint density at radius 1 is 0.839 bits per heavy atom. The van der Waals surface area contributed by atoms with Crippen LogP contribution >= 0.6 is 0 Å². The van der Waals surface area contributed by atoms with Crippen molar-refractivity contribution in [2.45, 2.75) is 25.7 Å². The molecule has 31 heavy (non-hydrogen) atoms. The lowest BCUT2D eigenvalue weighted by Crippen LogP contribution is -2.16. The molecule has 2 nitrogen and oxygen atoms in total. The maximum atomic E-state index is 14.1. The largest absolute Gasteiger partial charge is 0.573 e. The van der Waals surface area contributed by atoms with E-state index < -0.39 is 18.0 Å². The predicted molar refractivity (Wildman–Crippen MR) is 108 cm³/mol. The molecule has 3 aromatic rings. The first-order valence-corrected chi connectivity index (χ1v) is 9.68. The lowest BCUT2D eigenvalue weighted by molar-refractivity contribution is -0.274. The Kier molecular flexibility index (Phi) is 5.52. The third kappa shape index (κ3) is 4.60. The second-order valence-electron chi connectivity index (χ2n) is 7.49. The summed E-state index contributed by atoms with van der Waals surface area (Å²) in [6.07, 6.45) is -4.27. The van der Waals surface area contributed by atoms with Gasteiger partial charge in [-0.25, -0.2) is 8.78 Å². The van der Waals surface area contributed by atoms with Gasteiger partial charge in [0, 0.05) is 5.71 Å². The minimum Gasteiger partial charge on any atom is -0.406 e. The Hall–Kier alpha value is -3.22. The molecule has 1 aliphatic rings. The zero-order valence-electron chi connectivity index (χ0n) is 16.5. The van der Waals surface area contributed by atoms with Gasteiger partial charge < -0.3 is 4.74 Å². The van der Waals surface area contributed by atoms with E-state index in [1.807, 2.05) is 31.2 Å². The van der Waals surface area contributed by atoms with E-state index in [0.717, 1.165) is 16.7 Å². The van der Waals surface area contributed by atoms with Gasteiger partial charge in [0.05, 0.1) is 11.6 Å². The smallest absolute Gasteiger partial charge is 0.406 e. The van der Waals surface area contributed by atoms with Crippen LogP contribution in [0.4, 0.5) is 22.0 Å². The minimum absolute atomic E-state index is 0.0682. The Balaban J connectivity index is 1.55. The third-order valence-electron chi connectivity index (χ3n) is 5.27. The van der Waals surface area contributed by atoms with Crippen LogP contribution in [0.15, 0.2) is 71.7 Å². The van der Waals surface area contributed by atoms with Crippen LogP contribution in [0.5, 0.6) is 5.75 Å². The van der Waals surface area contributed by atoms with Crippen molar-refractivity contribution < 1.29 is 26.7 Å². The number of hydrogen-bond acceptors (Lipinski definition) is 2. The van der Waals surface area contributed by atoms with Crippen LogP contribution in [0, 0.1) is 17.6 Å². The van der Waals surface area contributed by atoms with E-state index in [0.29, 0.717) is 12.1 Å². The summed E-state index contributed by atoms with van der Waals surface area (Å²) >= 11 is 0. The standard InChI is InChI=1S/C24H18F5NO/c1-14-13-21(22-19(25)3-2-4-20(22)26)30-23(14)17-7-5-15(6-8-17)16-9-11-18(12-10-16)31-24(27,28)29/h2-12,14,23H,13H2,1H3. The summed E-state index contributed by atoms with van der Waals surface area (Å²) in [4.78, 5) is 4.59. The summed E-state index contributed by atoms with van der Waals surface area (Å²) in [5, 5.41) is 0. The van der Waals surface area contributed by atoms with Crippen molar-refractivity contribution in [1.82, 2.24) is 0 Å². The number of benzene rings is 3. The van der Waals surface area contributed by atoms with Gasteiger partial charge in [-0.15, -0.1) is 13.2 Å². The fourth-order valence-electron chi connectivity index (χ4n) is 3.83. The Bertz CT molecular complexity index is 1080. The van der Waals surface area contributed by atoms with Crippen LogP contribution in [0.3, 0.4) is 0 Å². The lowest BCUT2D eigenvalue weighted by atomic mass is 9.92. The third-order valence-corrected chi connectivity index (χ3v) is 5.27. The van der Waals surface area contributed by atoms with Crippen LogP contribution in [0.1, 0.15) is 30.5 Å². The first kappa shape index (κ1) is 21.0. The molecule has 0 aromatic heterocycles. The molecule has 7 heteroatoms. The molecule has 160 valence electrons. The van der Waals surface area contributed by atoms with Crippen LogP contribution < -0.4 is 4.74 Å². The van der Waals surface area contributed by atoms with E-state index in [9.17, 15) is 22.0 Å². The molecular weight excluding hydrogens is 413 g/mol. The Morgan fingerprint density at radius 3 is 1.94 bits per heavy atom. The van der Waals surface area contributed by atoms with Crippen LogP contribution in [0.2, 0.25) is 0 Å². The maximum absolute atomic E-state index is 14.1. The molecule has 0 saturated carbocycles. The van der Waals surface area contributed by atoms with Crippen molar-refractivity contribution in [3.05, 3.63) is 89.5 Å². The second kappa shape index (κ2) is 8.13. The lowest BCUT2D eigenvalue weighted by Gasteiger charge is -2.14. The van der Waals surface area contributed by atoms with Gasteiger partial charge >= 0.3 is 6.36 Å². The number of halogens is 5. The van der Waals surface area contributed by atoms with Gasteiger partial charge in [0.25, 0.3) is 0 Å². The molecule has 1 aliphatic heterocycles. The van der Waals surface area contributed by atoms with Crippen LogP contribution in [0.25, 0.3) is 11.1 Å². The fourth-order valence-corrected chi connectivity index (χ4v) is 3.83. The maximum Gasteiger partial charge on any atom is 0.573 e. The average molecular weight is 431 g/mol. The van der Waals surface area contributed by atoms with E-state index in [1.54, 1.807) is 12.1 Å². The molecule has 0 aliphatic carbocycles. The summed E-state index contributed by atoms with van der Waals surface area (Å²) in [7, 11) is 0. The van der Waals surface area contributed by atoms with E-state index in [1.165, 1.54) is 30.3 Å². The van der Waals surface area contributed by atoms with E-state index >= 15 is 0 Å². The van der Waals surface area contributed by atoms with Crippen molar-refractivity contribution in [3.8, 4) is 16.9 Å². The fraction of sp³-hybridized carbons (Fsp3) is 0.208. The molecule has 1 heterocycles. The monoisotopic (exact) mass is 431 g/mol. The molecule has 2 atom stereocenters. The van der Waals surface area contributed by atoms with Gasteiger partial charge in [0.2, 0.25) is 0 Å². The van der Waals surface area contributed by atoms with Gasteiger partial charge in [-0.05, 0) is 53.3 Å². The van der Waals surface area contributed by atoms with Gasteiger partial charge in [0.1, 0.15) is 17.4 Å². The zero-order chi connectivity index (χ0) is 22.2. The van der Waals surface area contributed by atoms with Crippen molar-refractivity contribution in [3.63, 3.8) is 0 Å². The van der Waals surface area contributed by atoms with Gasteiger partial charge in [-0.2, -0.15) is 0 Å². The van der Waals surface area contributed by atoms with E-state index in [-0.39, 0.29) is 23.3 Å². The van der Waals surface area contributed by atoms with Crippen molar-refractivity contribution >= 4 is 5.71 Å². The molecule has 0 fully saturated rings. The van der Waals surface area contributed by atoms with Crippen molar-refractivity contribution in [2.75, 3.05) is 0 Å². The number of hydrogen-bond donors (Lipinski definition) is 0. The van der Waals surface area contributed by atoms with Gasteiger partial charge in [-0.1, -0.05) is 49.4 Å². The second-order valence-corrected chi connectivity index (χ2v) is 7.49. The number of alkyl halides is 3.